The van der Waals surface area contributed by atoms with Crippen molar-refractivity contribution in [1.29, 1.82) is 0 Å². The van der Waals surface area contributed by atoms with E-state index in [2.05, 4.69) is 27.8 Å². The van der Waals surface area contributed by atoms with E-state index < -0.39 is 0 Å². The average Bonchev–Trinajstić information content (AvgIpc) is 3.04. The number of pyridine rings is 1. The van der Waals surface area contributed by atoms with E-state index in [0.717, 1.165) is 30.1 Å². The minimum atomic E-state index is 0.117. The van der Waals surface area contributed by atoms with Crippen LogP contribution in [0.2, 0.25) is 5.02 Å². The molecule has 0 spiro atoms. The number of rotatable bonds is 4. The van der Waals surface area contributed by atoms with Crippen LogP contribution in [-0.4, -0.2) is 16.6 Å². The molecular weight excluding hydrogens is 326 g/mol. The molecule has 1 aliphatic rings. The van der Waals surface area contributed by atoms with E-state index in [1.807, 2.05) is 24.3 Å². The maximum Gasteiger partial charge on any atom is 0.170 e. The molecule has 23 heavy (non-hydrogen) atoms. The minimum Gasteiger partial charge on any atom is -0.362 e. The van der Waals surface area contributed by atoms with Crippen LogP contribution >= 0.6 is 23.8 Å². The van der Waals surface area contributed by atoms with E-state index in [1.165, 1.54) is 18.4 Å². The second-order valence-corrected chi connectivity index (χ2v) is 6.89. The van der Waals surface area contributed by atoms with Crippen molar-refractivity contribution in [3.8, 4) is 0 Å². The first-order valence-electron chi connectivity index (χ1n) is 7.89. The van der Waals surface area contributed by atoms with Gasteiger partial charge in [-0.05, 0) is 54.9 Å². The Bertz CT molecular complexity index is 669. The summed E-state index contributed by atoms with van der Waals surface area (Å²) in [7, 11) is 0. The molecule has 2 N–H and O–H groups in total. The number of nitrogens with one attached hydrogen (secondary N) is 2. The molecule has 0 atom stereocenters. The van der Waals surface area contributed by atoms with Crippen LogP contribution in [0.5, 0.6) is 0 Å². The number of nitrogens with zero attached hydrogens (tertiary/aromatic N) is 1. The van der Waals surface area contributed by atoms with Gasteiger partial charge in [-0.2, -0.15) is 0 Å². The average molecular weight is 346 g/mol. The van der Waals surface area contributed by atoms with E-state index in [4.69, 9.17) is 23.8 Å². The molecule has 0 radical (unpaired) electrons. The summed E-state index contributed by atoms with van der Waals surface area (Å²) in [5.74, 6) is 0. The molecule has 0 saturated heterocycles. The number of hydrogen-bond donors (Lipinski definition) is 2. The highest BCUT2D eigenvalue weighted by molar-refractivity contribution is 7.80. The molecule has 2 aromatic rings. The van der Waals surface area contributed by atoms with E-state index in [1.54, 1.807) is 12.4 Å². The largest absolute Gasteiger partial charge is 0.362 e. The normalized spacial score (nSPS) is 16.0. The van der Waals surface area contributed by atoms with Gasteiger partial charge in [0.2, 0.25) is 0 Å². The number of thiocarbonyl (C=S) groups is 1. The van der Waals surface area contributed by atoms with Crippen LogP contribution in [-0.2, 0) is 5.41 Å². The molecule has 0 bridgehead atoms. The smallest absolute Gasteiger partial charge is 0.170 e. The fourth-order valence-corrected chi connectivity index (χ4v) is 3.68. The maximum atomic E-state index is 6.19. The van der Waals surface area contributed by atoms with Crippen molar-refractivity contribution in [2.24, 2.45) is 0 Å². The first kappa shape index (κ1) is 16.2. The van der Waals surface area contributed by atoms with E-state index >= 15 is 0 Å². The first-order valence-corrected chi connectivity index (χ1v) is 8.68. The van der Waals surface area contributed by atoms with Crippen LogP contribution in [0.1, 0.15) is 31.2 Å². The summed E-state index contributed by atoms with van der Waals surface area (Å²) < 4.78 is 0. The number of halogens is 1. The summed E-state index contributed by atoms with van der Waals surface area (Å²) >= 11 is 11.6. The molecule has 1 aromatic heterocycles. The lowest BCUT2D eigenvalue weighted by atomic mass is 9.79. The van der Waals surface area contributed by atoms with Crippen molar-refractivity contribution < 1.29 is 0 Å². The second-order valence-electron chi connectivity index (χ2n) is 6.05. The van der Waals surface area contributed by atoms with Crippen molar-refractivity contribution in [2.45, 2.75) is 31.1 Å². The number of aromatic nitrogens is 1. The van der Waals surface area contributed by atoms with Crippen LogP contribution < -0.4 is 10.6 Å². The summed E-state index contributed by atoms with van der Waals surface area (Å²) in [6.07, 6.45) is 8.32. The fourth-order valence-electron chi connectivity index (χ4n) is 3.30. The van der Waals surface area contributed by atoms with Crippen LogP contribution in [0.4, 0.5) is 5.69 Å². The predicted octanol–water partition coefficient (Wildman–Crippen LogP) is 4.53. The van der Waals surface area contributed by atoms with Crippen LogP contribution in [0.25, 0.3) is 0 Å². The van der Waals surface area contributed by atoms with Gasteiger partial charge in [-0.15, -0.1) is 0 Å². The number of hydrogen-bond acceptors (Lipinski definition) is 2. The van der Waals surface area contributed by atoms with Crippen molar-refractivity contribution in [3.63, 3.8) is 0 Å². The van der Waals surface area contributed by atoms with Gasteiger partial charge in [-0.1, -0.05) is 36.6 Å². The first-order chi connectivity index (χ1) is 11.2. The van der Waals surface area contributed by atoms with Gasteiger partial charge in [0.25, 0.3) is 0 Å². The van der Waals surface area contributed by atoms with Crippen LogP contribution in [0.15, 0.2) is 48.8 Å². The molecule has 0 amide bonds. The molecule has 0 aliphatic heterocycles. The fraction of sp³-hybridized carbons (Fsp3) is 0.333. The second kappa shape index (κ2) is 7.28. The van der Waals surface area contributed by atoms with E-state index in [-0.39, 0.29) is 5.41 Å². The van der Waals surface area contributed by atoms with Gasteiger partial charge in [-0.25, -0.2) is 0 Å². The van der Waals surface area contributed by atoms with Gasteiger partial charge in [0, 0.05) is 23.2 Å². The molecule has 3 rings (SSSR count). The summed E-state index contributed by atoms with van der Waals surface area (Å²) in [4.78, 5) is 4.08. The SMILES string of the molecule is S=C(NCC1(c2cccc(Cl)c2)CCCC1)Nc1cccnc1. The lowest BCUT2D eigenvalue weighted by Crippen LogP contribution is -2.40. The Morgan fingerprint density at radius 1 is 1.22 bits per heavy atom. The molecule has 120 valence electrons. The molecule has 3 nitrogen and oxygen atoms in total. The standard InChI is InChI=1S/C18H20ClN3S/c19-15-6-3-5-14(11-15)18(8-1-2-9-18)13-21-17(23)22-16-7-4-10-20-12-16/h3-7,10-12H,1-2,8-9,13H2,(H2,21,22,23). The summed E-state index contributed by atoms with van der Waals surface area (Å²) in [6.45, 7) is 0.819. The number of anilines is 1. The Hall–Kier alpha value is -1.65. The molecule has 5 heteroatoms. The molecule has 1 fully saturated rings. The lowest BCUT2D eigenvalue weighted by molar-refractivity contribution is 0.435. The Labute approximate surface area is 147 Å². The Morgan fingerprint density at radius 2 is 2.04 bits per heavy atom. The summed E-state index contributed by atoms with van der Waals surface area (Å²) in [6, 6.07) is 12.1. The summed E-state index contributed by atoms with van der Waals surface area (Å²) in [5, 5.41) is 7.99. The molecule has 1 heterocycles. The monoisotopic (exact) mass is 345 g/mol. The Kier molecular flexibility index (Phi) is 5.13. The van der Waals surface area contributed by atoms with E-state index in [9.17, 15) is 0 Å². The zero-order valence-corrected chi connectivity index (χ0v) is 14.5. The van der Waals surface area contributed by atoms with Crippen molar-refractivity contribution in [2.75, 3.05) is 11.9 Å². The Balaban J connectivity index is 1.67. The van der Waals surface area contributed by atoms with Gasteiger partial charge in [-0.3, -0.25) is 4.98 Å². The summed E-state index contributed by atoms with van der Waals surface area (Å²) in [5.41, 5.74) is 2.32. The van der Waals surface area contributed by atoms with Crippen LogP contribution in [0.3, 0.4) is 0 Å². The van der Waals surface area contributed by atoms with Crippen molar-refractivity contribution in [1.82, 2.24) is 10.3 Å². The highest BCUT2D eigenvalue weighted by Crippen LogP contribution is 2.41. The maximum absolute atomic E-state index is 6.19. The molecule has 0 unspecified atom stereocenters. The zero-order valence-electron chi connectivity index (χ0n) is 12.9. The quantitative estimate of drug-likeness (QED) is 0.798. The molecular formula is C18H20ClN3S. The Morgan fingerprint density at radius 3 is 2.74 bits per heavy atom. The topological polar surface area (TPSA) is 37.0 Å². The van der Waals surface area contributed by atoms with Crippen molar-refractivity contribution >= 4 is 34.6 Å². The highest BCUT2D eigenvalue weighted by Gasteiger charge is 2.35. The van der Waals surface area contributed by atoms with Gasteiger partial charge < -0.3 is 10.6 Å². The molecule has 1 saturated carbocycles. The van der Waals surface area contributed by atoms with Crippen molar-refractivity contribution in [3.05, 3.63) is 59.4 Å². The zero-order chi connectivity index (χ0) is 16.1. The predicted molar refractivity (Wildman–Crippen MR) is 100 cm³/mol. The van der Waals surface area contributed by atoms with E-state index in [0.29, 0.717) is 5.11 Å². The number of benzene rings is 1. The lowest BCUT2D eigenvalue weighted by Gasteiger charge is -2.30. The third-order valence-electron chi connectivity index (χ3n) is 4.50. The highest BCUT2D eigenvalue weighted by atomic mass is 35.5. The van der Waals surface area contributed by atoms with Crippen LogP contribution in [0, 0.1) is 0 Å². The van der Waals surface area contributed by atoms with Gasteiger partial charge >= 0.3 is 0 Å². The van der Waals surface area contributed by atoms with Gasteiger partial charge in [0.1, 0.15) is 0 Å². The third kappa shape index (κ3) is 4.01. The molecule has 1 aliphatic carbocycles. The third-order valence-corrected chi connectivity index (χ3v) is 4.99. The van der Waals surface area contributed by atoms with Gasteiger partial charge in [0.05, 0.1) is 11.9 Å². The van der Waals surface area contributed by atoms with Gasteiger partial charge in [0.15, 0.2) is 5.11 Å². The minimum absolute atomic E-state index is 0.117. The molecule has 1 aromatic carbocycles.